The van der Waals surface area contributed by atoms with Gasteiger partial charge in [-0.15, -0.1) is 0 Å². The van der Waals surface area contributed by atoms with Crippen LogP contribution in [0.3, 0.4) is 0 Å². The van der Waals surface area contributed by atoms with Crippen molar-refractivity contribution in [2.24, 2.45) is 0 Å². The van der Waals surface area contributed by atoms with E-state index in [1.165, 1.54) is 16.6 Å². The van der Waals surface area contributed by atoms with Crippen molar-refractivity contribution in [3.8, 4) is 0 Å². The van der Waals surface area contributed by atoms with Crippen molar-refractivity contribution < 1.29 is 8.42 Å². The zero-order chi connectivity index (χ0) is 22.2. The summed E-state index contributed by atoms with van der Waals surface area (Å²) in [5.41, 5.74) is 1.77. The Balaban J connectivity index is 1.65. The highest BCUT2D eigenvalue weighted by Crippen LogP contribution is 2.36. The third-order valence-electron chi connectivity index (χ3n) is 5.35. The summed E-state index contributed by atoms with van der Waals surface area (Å²) in [7, 11) is -3.64. The first kappa shape index (κ1) is 21.9. The van der Waals surface area contributed by atoms with Crippen molar-refractivity contribution in [1.82, 2.24) is 9.88 Å². The third kappa shape index (κ3) is 4.65. The number of nitrogens with zero attached hydrogens (tertiary/aromatic N) is 2. The van der Waals surface area contributed by atoms with Crippen LogP contribution >= 0.6 is 23.2 Å². The Bertz CT molecular complexity index is 1180. The molecule has 6 nitrogen and oxygen atoms in total. The van der Waals surface area contributed by atoms with Crippen molar-refractivity contribution in [2.75, 3.05) is 23.7 Å². The first-order chi connectivity index (χ1) is 14.7. The van der Waals surface area contributed by atoms with Crippen LogP contribution in [0.2, 0.25) is 10.0 Å². The largest absolute Gasteiger partial charge is 0.327 e. The lowest BCUT2D eigenvalue weighted by Crippen LogP contribution is -2.62. The van der Waals surface area contributed by atoms with Crippen LogP contribution in [0.5, 0.6) is 0 Å². The average molecular weight is 478 g/mol. The van der Waals surface area contributed by atoms with Crippen LogP contribution in [0, 0.1) is 0 Å². The molecule has 0 spiro atoms. The fourth-order valence-electron chi connectivity index (χ4n) is 3.98. The van der Waals surface area contributed by atoms with E-state index in [0.29, 0.717) is 23.1 Å². The highest BCUT2D eigenvalue weighted by Gasteiger charge is 2.41. The smallest absolute Gasteiger partial charge is 0.272 e. The van der Waals surface area contributed by atoms with Gasteiger partial charge in [-0.3, -0.25) is 14.0 Å². The molecule has 162 valence electrons. The molecule has 1 aliphatic heterocycles. The number of benzene rings is 2. The van der Waals surface area contributed by atoms with Gasteiger partial charge in [-0.2, -0.15) is 0 Å². The summed E-state index contributed by atoms with van der Waals surface area (Å²) in [5.74, 6) is 0. The summed E-state index contributed by atoms with van der Waals surface area (Å²) in [4.78, 5) is 17.0. The van der Waals surface area contributed by atoms with Gasteiger partial charge in [-0.1, -0.05) is 47.5 Å². The minimum atomic E-state index is -3.64. The van der Waals surface area contributed by atoms with Gasteiger partial charge in [0.25, 0.3) is 5.56 Å². The standard InChI is InChI=1S/C22H21Cl2N3O3S/c1-31(29,30)27(20-3-2-12-25-22(20)28)19-13-26(14-19)21(15-4-8-17(23)9-5-15)16-6-10-18(24)11-7-16/h2-12,19,21H,13-14H2,1H3,(H,25,28). The molecule has 2 heterocycles. The number of likely N-dealkylation sites (tertiary alicyclic amines) is 1. The Morgan fingerprint density at radius 3 is 1.94 bits per heavy atom. The van der Waals surface area contributed by atoms with E-state index in [0.717, 1.165) is 17.4 Å². The van der Waals surface area contributed by atoms with Crippen LogP contribution < -0.4 is 9.86 Å². The van der Waals surface area contributed by atoms with Gasteiger partial charge in [0.15, 0.2) is 0 Å². The van der Waals surface area contributed by atoms with Crippen LogP contribution in [-0.2, 0) is 10.0 Å². The molecule has 3 aromatic rings. The molecule has 0 amide bonds. The number of hydrogen-bond donors (Lipinski definition) is 1. The van der Waals surface area contributed by atoms with E-state index in [9.17, 15) is 13.2 Å². The number of aromatic amines is 1. The molecule has 1 saturated heterocycles. The number of hydrogen-bond acceptors (Lipinski definition) is 4. The quantitative estimate of drug-likeness (QED) is 0.583. The molecule has 1 aliphatic rings. The molecule has 0 saturated carbocycles. The van der Waals surface area contributed by atoms with Crippen LogP contribution in [0.15, 0.2) is 71.7 Å². The maximum atomic E-state index is 12.5. The summed E-state index contributed by atoms with van der Waals surface area (Å²) in [6.07, 6.45) is 2.61. The van der Waals surface area contributed by atoms with Crippen LogP contribution in [0.25, 0.3) is 0 Å². The van der Waals surface area contributed by atoms with Gasteiger partial charge in [0, 0.05) is 29.3 Å². The molecule has 2 aromatic carbocycles. The maximum absolute atomic E-state index is 12.5. The molecule has 0 atom stereocenters. The number of halogens is 2. The predicted octanol–water partition coefficient (Wildman–Crippen LogP) is 3.92. The Morgan fingerprint density at radius 1 is 0.968 bits per heavy atom. The van der Waals surface area contributed by atoms with Gasteiger partial charge >= 0.3 is 0 Å². The predicted molar refractivity (Wildman–Crippen MR) is 124 cm³/mol. The summed E-state index contributed by atoms with van der Waals surface area (Å²) in [5, 5.41) is 1.29. The number of H-pyrrole nitrogens is 1. The molecule has 1 fully saturated rings. The van der Waals surface area contributed by atoms with Crippen molar-refractivity contribution >= 4 is 38.9 Å². The lowest BCUT2D eigenvalue weighted by molar-refractivity contribution is 0.116. The van der Waals surface area contributed by atoms with E-state index in [4.69, 9.17) is 23.2 Å². The number of sulfonamides is 1. The number of anilines is 1. The van der Waals surface area contributed by atoms with Gasteiger partial charge in [0.1, 0.15) is 5.69 Å². The van der Waals surface area contributed by atoms with E-state index in [1.807, 2.05) is 48.5 Å². The second-order valence-electron chi connectivity index (χ2n) is 7.56. The topological polar surface area (TPSA) is 73.5 Å². The average Bonchev–Trinajstić information content (AvgIpc) is 2.69. The van der Waals surface area contributed by atoms with E-state index < -0.39 is 15.6 Å². The van der Waals surface area contributed by atoms with Gasteiger partial charge in [0.2, 0.25) is 10.0 Å². The molecule has 9 heteroatoms. The minimum absolute atomic E-state index is 0.0961. The van der Waals surface area contributed by atoms with Gasteiger partial charge < -0.3 is 4.98 Å². The molecule has 1 aromatic heterocycles. The maximum Gasteiger partial charge on any atom is 0.272 e. The second kappa shape index (κ2) is 8.67. The van der Waals surface area contributed by atoms with Crippen molar-refractivity contribution in [3.05, 3.63) is 98.4 Å². The molecular weight excluding hydrogens is 457 g/mol. The lowest BCUT2D eigenvalue weighted by atomic mass is 9.93. The SMILES string of the molecule is CS(=O)(=O)N(c1ccc[nH]c1=O)C1CN(C(c2ccc(Cl)cc2)c2ccc(Cl)cc2)C1. The Morgan fingerprint density at radius 2 is 1.48 bits per heavy atom. The number of nitrogens with one attached hydrogen (secondary N) is 1. The first-order valence-corrected chi connectivity index (χ1v) is 12.3. The Kier molecular flexibility index (Phi) is 6.12. The van der Waals surface area contributed by atoms with Crippen LogP contribution in [0.1, 0.15) is 17.2 Å². The fourth-order valence-corrected chi connectivity index (χ4v) is 5.41. The highest BCUT2D eigenvalue weighted by molar-refractivity contribution is 7.92. The Labute approximate surface area is 191 Å². The van der Waals surface area contributed by atoms with E-state index in [-0.39, 0.29) is 17.8 Å². The molecule has 0 unspecified atom stereocenters. The summed E-state index contributed by atoms with van der Waals surface area (Å²) in [6.45, 7) is 0.939. The van der Waals surface area contributed by atoms with Crippen molar-refractivity contribution in [1.29, 1.82) is 0 Å². The number of rotatable bonds is 6. The molecule has 0 radical (unpaired) electrons. The highest BCUT2D eigenvalue weighted by atomic mass is 35.5. The number of aromatic nitrogens is 1. The van der Waals surface area contributed by atoms with Crippen LogP contribution in [-0.4, -0.2) is 43.7 Å². The summed E-state index contributed by atoms with van der Waals surface area (Å²) < 4.78 is 26.3. The third-order valence-corrected chi connectivity index (χ3v) is 7.06. The summed E-state index contributed by atoms with van der Waals surface area (Å²) in [6, 6.07) is 17.9. The molecular formula is C22H21Cl2N3O3S. The summed E-state index contributed by atoms with van der Waals surface area (Å²) >= 11 is 12.1. The molecule has 4 rings (SSSR count). The lowest BCUT2D eigenvalue weighted by Gasteiger charge is -2.48. The van der Waals surface area contributed by atoms with Crippen molar-refractivity contribution in [3.63, 3.8) is 0 Å². The van der Waals surface area contributed by atoms with Gasteiger partial charge in [0.05, 0.1) is 18.3 Å². The molecule has 0 bridgehead atoms. The van der Waals surface area contributed by atoms with Gasteiger partial charge in [-0.05, 0) is 47.5 Å². The zero-order valence-electron chi connectivity index (χ0n) is 16.7. The van der Waals surface area contributed by atoms with Crippen LogP contribution in [0.4, 0.5) is 5.69 Å². The molecule has 0 aliphatic carbocycles. The van der Waals surface area contributed by atoms with E-state index >= 15 is 0 Å². The van der Waals surface area contributed by atoms with Crippen molar-refractivity contribution in [2.45, 2.75) is 12.1 Å². The fraction of sp³-hybridized carbons (Fsp3) is 0.227. The molecule has 1 N–H and O–H groups in total. The Hall–Kier alpha value is -2.32. The van der Waals surface area contributed by atoms with Gasteiger partial charge in [-0.25, -0.2) is 8.42 Å². The normalized spacial score (nSPS) is 15.1. The zero-order valence-corrected chi connectivity index (χ0v) is 19.0. The first-order valence-electron chi connectivity index (χ1n) is 9.66. The monoisotopic (exact) mass is 477 g/mol. The van der Waals surface area contributed by atoms with E-state index in [1.54, 1.807) is 6.07 Å². The van der Waals surface area contributed by atoms with E-state index in [2.05, 4.69) is 9.88 Å². The second-order valence-corrected chi connectivity index (χ2v) is 10.3. The minimum Gasteiger partial charge on any atom is -0.327 e. The number of pyridine rings is 1. The molecule has 31 heavy (non-hydrogen) atoms.